The fraction of sp³-hybridized carbons (Fsp3) is 0.389. The van der Waals surface area contributed by atoms with Crippen LogP contribution in [0.25, 0.3) is 0 Å². The van der Waals surface area contributed by atoms with Crippen LogP contribution in [0.2, 0.25) is 0 Å². The SMILES string of the molecule is CCOP(=O)(OCC)[C@@H](C(=O)c1ccccc1)[C@@H](C[N+](=O)[O-])c1ccco1. The van der Waals surface area contributed by atoms with Gasteiger partial charge < -0.3 is 13.5 Å². The lowest BCUT2D eigenvalue weighted by Gasteiger charge is -2.29. The molecule has 0 aliphatic rings. The molecular formula is C18H22NO7P. The molecule has 0 radical (unpaired) electrons. The maximum Gasteiger partial charge on any atom is 0.342 e. The molecule has 0 aliphatic heterocycles. The Morgan fingerprint density at radius 1 is 1.15 bits per heavy atom. The molecule has 0 fully saturated rings. The normalized spacial score (nSPS) is 13.9. The molecule has 1 aromatic heterocycles. The van der Waals surface area contributed by atoms with Crippen LogP contribution in [-0.4, -0.2) is 36.1 Å². The molecule has 0 saturated carbocycles. The molecule has 146 valence electrons. The summed E-state index contributed by atoms with van der Waals surface area (Å²) >= 11 is 0. The Morgan fingerprint density at radius 3 is 2.26 bits per heavy atom. The number of nitrogens with zero attached hydrogens (tertiary/aromatic N) is 1. The molecular weight excluding hydrogens is 373 g/mol. The molecule has 9 heteroatoms. The lowest BCUT2D eigenvalue weighted by atomic mass is 9.95. The predicted octanol–water partition coefficient (Wildman–Crippen LogP) is 4.16. The van der Waals surface area contributed by atoms with E-state index in [9.17, 15) is 19.5 Å². The van der Waals surface area contributed by atoms with Gasteiger partial charge in [0.1, 0.15) is 17.3 Å². The number of Topliss-reactive ketones (excluding diaryl/α,β-unsaturated/α-hetero) is 1. The zero-order valence-corrected chi connectivity index (χ0v) is 16.0. The van der Waals surface area contributed by atoms with Crippen LogP contribution in [0.1, 0.15) is 35.9 Å². The predicted molar refractivity (Wildman–Crippen MR) is 98.7 cm³/mol. The van der Waals surface area contributed by atoms with E-state index in [-0.39, 0.29) is 24.5 Å². The van der Waals surface area contributed by atoms with E-state index in [0.717, 1.165) is 0 Å². The quantitative estimate of drug-likeness (QED) is 0.243. The second-order valence-electron chi connectivity index (χ2n) is 5.69. The number of hydrogen-bond donors (Lipinski definition) is 0. The lowest BCUT2D eigenvalue weighted by Crippen LogP contribution is -2.34. The smallest absolute Gasteiger partial charge is 0.342 e. The molecule has 2 aromatic rings. The highest BCUT2D eigenvalue weighted by molar-refractivity contribution is 7.56. The largest absolute Gasteiger partial charge is 0.469 e. The van der Waals surface area contributed by atoms with Gasteiger partial charge in [-0.05, 0) is 26.0 Å². The Labute approximate surface area is 157 Å². The molecule has 2 atom stereocenters. The standard InChI is InChI=1S/C18H22NO7P/c1-3-25-27(23,26-4-2)18(17(20)14-9-6-5-7-10-14)15(13-19(21)22)16-11-8-12-24-16/h5-12,15,18H,3-4,13H2,1-2H3/t15-,18+/m0/s1. The van der Waals surface area contributed by atoms with E-state index in [1.165, 1.54) is 12.3 Å². The second-order valence-corrected chi connectivity index (χ2v) is 7.84. The molecule has 0 N–H and O–H groups in total. The van der Waals surface area contributed by atoms with Crippen molar-refractivity contribution in [1.29, 1.82) is 0 Å². The molecule has 1 aromatic carbocycles. The molecule has 2 rings (SSSR count). The molecule has 0 spiro atoms. The number of carbonyl (C=O) groups is 1. The van der Waals surface area contributed by atoms with Crippen molar-refractivity contribution in [2.45, 2.75) is 25.4 Å². The fourth-order valence-electron chi connectivity index (χ4n) is 2.89. The van der Waals surface area contributed by atoms with Crippen LogP contribution in [0.15, 0.2) is 53.1 Å². The third kappa shape index (κ3) is 5.13. The maximum absolute atomic E-state index is 13.5. The summed E-state index contributed by atoms with van der Waals surface area (Å²) in [5, 5.41) is 11.3. The van der Waals surface area contributed by atoms with Crippen LogP contribution in [0.3, 0.4) is 0 Å². The second kappa shape index (κ2) is 9.60. The van der Waals surface area contributed by atoms with Crippen molar-refractivity contribution in [3.8, 4) is 0 Å². The molecule has 0 aliphatic carbocycles. The van der Waals surface area contributed by atoms with Crippen LogP contribution in [0, 0.1) is 10.1 Å². The molecule has 0 saturated heterocycles. The maximum atomic E-state index is 13.5. The minimum Gasteiger partial charge on any atom is -0.469 e. The highest BCUT2D eigenvalue weighted by Gasteiger charge is 2.50. The summed E-state index contributed by atoms with van der Waals surface area (Å²) in [6, 6.07) is 11.2. The van der Waals surface area contributed by atoms with Gasteiger partial charge in [-0.25, -0.2) is 0 Å². The van der Waals surface area contributed by atoms with Gasteiger partial charge in [0.25, 0.3) is 0 Å². The Bertz CT molecular complexity index is 781. The van der Waals surface area contributed by atoms with Crippen LogP contribution in [0.5, 0.6) is 0 Å². The third-order valence-electron chi connectivity index (χ3n) is 3.92. The van der Waals surface area contributed by atoms with Gasteiger partial charge in [-0.15, -0.1) is 0 Å². The van der Waals surface area contributed by atoms with Gasteiger partial charge in [0, 0.05) is 10.5 Å². The Balaban J connectivity index is 2.60. The number of ketones is 1. The van der Waals surface area contributed by atoms with Gasteiger partial charge in [0.15, 0.2) is 5.78 Å². The van der Waals surface area contributed by atoms with Gasteiger partial charge >= 0.3 is 7.60 Å². The first-order chi connectivity index (χ1) is 12.9. The van der Waals surface area contributed by atoms with Crippen molar-refractivity contribution < 1.29 is 27.7 Å². The topological polar surface area (TPSA) is 109 Å². The first kappa shape index (κ1) is 21.0. The number of carbonyl (C=O) groups excluding carboxylic acids is 1. The molecule has 0 amide bonds. The summed E-state index contributed by atoms with van der Waals surface area (Å²) in [5.41, 5.74) is -1.14. The Hall–Kier alpha value is -2.28. The van der Waals surface area contributed by atoms with E-state index in [1.54, 1.807) is 50.2 Å². The van der Waals surface area contributed by atoms with Gasteiger partial charge in [0.05, 0.1) is 19.5 Å². The summed E-state index contributed by atoms with van der Waals surface area (Å²) in [6.45, 7) is 2.63. The lowest BCUT2D eigenvalue weighted by molar-refractivity contribution is -0.483. The van der Waals surface area contributed by atoms with E-state index in [4.69, 9.17) is 13.5 Å². The first-order valence-electron chi connectivity index (χ1n) is 8.56. The van der Waals surface area contributed by atoms with Gasteiger partial charge in [-0.2, -0.15) is 0 Å². The average Bonchev–Trinajstić information content (AvgIpc) is 3.16. The molecule has 1 heterocycles. The van der Waals surface area contributed by atoms with Crippen molar-refractivity contribution in [3.63, 3.8) is 0 Å². The van der Waals surface area contributed by atoms with Gasteiger partial charge in [0.2, 0.25) is 6.54 Å². The molecule has 0 bridgehead atoms. The zero-order valence-electron chi connectivity index (χ0n) is 15.1. The van der Waals surface area contributed by atoms with Gasteiger partial charge in [-0.1, -0.05) is 30.3 Å². The van der Waals surface area contributed by atoms with E-state index >= 15 is 0 Å². The van der Waals surface area contributed by atoms with Crippen LogP contribution < -0.4 is 0 Å². The van der Waals surface area contributed by atoms with Crippen molar-refractivity contribution in [1.82, 2.24) is 0 Å². The molecule has 8 nitrogen and oxygen atoms in total. The molecule has 27 heavy (non-hydrogen) atoms. The number of furan rings is 1. The summed E-state index contributed by atoms with van der Waals surface area (Å²) in [4.78, 5) is 24.0. The zero-order chi connectivity index (χ0) is 19.9. The Kier molecular flexibility index (Phi) is 7.47. The highest BCUT2D eigenvalue weighted by Crippen LogP contribution is 2.58. The van der Waals surface area contributed by atoms with Crippen molar-refractivity contribution in [3.05, 3.63) is 70.2 Å². The minimum atomic E-state index is -4.02. The van der Waals surface area contributed by atoms with Crippen LogP contribution >= 0.6 is 7.60 Å². The van der Waals surface area contributed by atoms with Crippen molar-refractivity contribution in [2.75, 3.05) is 19.8 Å². The summed E-state index contributed by atoms with van der Waals surface area (Å²) in [5.74, 6) is -1.48. The molecule has 0 unspecified atom stereocenters. The third-order valence-corrected chi connectivity index (χ3v) is 6.43. The summed E-state index contributed by atoms with van der Waals surface area (Å²) in [6.07, 6.45) is 1.35. The highest BCUT2D eigenvalue weighted by atomic mass is 31.2. The Morgan fingerprint density at radius 2 is 1.78 bits per heavy atom. The number of rotatable bonds is 11. The van der Waals surface area contributed by atoms with E-state index in [2.05, 4.69) is 0 Å². The number of nitro groups is 1. The van der Waals surface area contributed by atoms with E-state index in [1.807, 2.05) is 0 Å². The fourth-order valence-corrected chi connectivity index (χ4v) is 5.12. The average molecular weight is 395 g/mol. The summed E-state index contributed by atoms with van der Waals surface area (Å²) < 4.78 is 29.6. The number of benzene rings is 1. The van der Waals surface area contributed by atoms with Crippen LogP contribution in [-0.2, 0) is 13.6 Å². The van der Waals surface area contributed by atoms with E-state index in [0.29, 0.717) is 0 Å². The first-order valence-corrected chi connectivity index (χ1v) is 10.2. The number of hydrogen-bond acceptors (Lipinski definition) is 7. The van der Waals surface area contributed by atoms with E-state index < -0.39 is 36.4 Å². The minimum absolute atomic E-state index is 0.0270. The van der Waals surface area contributed by atoms with Gasteiger partial charge in [-0.3, -0.25) is 19.5 Å². The van der Waals surface area contributed by atoms with Crippen molar-refractivity contribution >= 4 is 13.4 Å². The monoisotopic (exact) mass is 395 g/mol. The van der Waals surface area contributed by atoms with Crippen molar-refractivity contribution in [2.24, 2.45) is 0 Å². The van der Waals surface area contributed by atoms with Crippen LogP contribution in [0.4, 0.5) is 0 Å². The summed E-state index contributed by atoms with van der Waals surface area (Å²) in [7, 11) is -4.02.